The second-order valence-corrected chi connectivity index (χ2v) is 12.0. The molecule has 0 aromatic heterocycles. The minimum atomic E-state index is -1.11. The molecule has 31 heavy (non-hydrogen) atoms. The van der Waals surface area contributed by atoms with Gasteiger partial charge in [0.2, 0.25) is 0 Å². The first kappa shape index (κ1) is 22.5. The molecule has 1 saturated carbocycles. The van der Waals surface area contributed by atoms with Gasteiger partial charge in [0.25, 0.3) is 0 Å². The molecule has 0 saturated heterocycles. The van der Waals surface area contributed by atoms with Crippen LogP contribution in [0, 0.1) is 5.41 Å². The third-order valence-corrected chi connectivity index (χ3v) is 8.37. The highest BCUT2D eigenvalue weighted by Gasteiger charge is 2.50. The maximum atomic E-state index is 13.1. The molecule has 4 rings (SSSR count). The summed E-state index contributed by atoms with van der Waals surface area (Å²) >= 11 is -1.11. The lowest BCUT2D eigenvalue weighted by molar-refractivity contribution is 0.151. The Labute approximate surface area is 190 Å². The Balaban J connectivity index is 1.59. The van der Waals surface area contributed by atoms with Gasteiger partial charge in [-0.1, -0.05) is 43.5 Å². The molecule has 0 radical (unpaired) electrons. The predicted octanol–water partition coefficient (Wildman–Crippen LogP) is 5.87. The summed E-state index contributed by atoms with van der Waals surface area (Å²) < 4.78 is 27.9. The van der Waals surface area contributed by atoms with Crippen molar-refractivity contribution in [2.75, 3.05) is 7.11 Å². The lowest BCUT2D eigenvalue weighted by Gasteiger charge is -2.40. The van der Waals surface area contributed by atoms with Crippen LogP contribution >= 0.6 is 0 Å². The summed E-state index contributed by atoms with van der Waals surface area (Å²) in [6.07, 6.45) is 7.15. The highest BCUT2D eigenvalue weighted by molar-refractivity contribution is 7.90. The van der Waals surface area contributed by atoms with Crippen molar-refractivity contribution >= 4 is 11.4 Å². The Hall–Kier alpha value is -1.69. The van der Waals surface area contributed by atoms with E-state index in [-0.39, 0.29) is 16.2 Å². The molecular formula is C26H35NO3S. The molecule has 4 nitrogen and oxygen atoms in total. The van der Waals surface area contributed by atoms with Crippen molar-refractivity contribution in [3.8, 4) is 11.5 Å². The molecule has 1 N–H and O–H groups in total. The summed E-state index contributed by atoms with van der Waals surface area (Å²) in [7, 11) is 1.68. The van der Waals surface area contributed by atoms with Crippen molar-refractivity contribution in [2.24, 2.45) is 5.41 Å². The summed E-state index contributed by atoms with van der Waals surface area (Å²) in [6, 6.07) is 14.5. The van der Waals surface area contributed by atoms with Crippen LogP contribution in [0.1, 0.15) is 75.6 Å². The van der Waals surface area contributed by atoms with Crippen LogP contribution in [0.4, 0.5) is 0 Å². The highest BCUT2D eigenvalue weighted by Crippen LogP contribution is 2.56. The Morgan fingerprint density at radius 3 is 2.42 bits per heavy atom. The van der Waals surface area contributed by atoms with Gasteiger partial charge in [-0.3, -0.25) is 0 Å². The zero-order valence-electron chi connectivity index (χ0n) is 19.2. The third kappa shape index (κ3) is 4.74. The average Bonchev–Trinajstić information content (AvgIpc) is 3.05. The minimum Gasteiger partial charge on any atom is -0.598 e. The fourth-order valence-corrected chi connectivity index (χ4v) is 5.98. The number of rotatable bonds is 6. The van der Waals surface area contributed by atoms with Crippen LogP contribution in [0.2, 0.25) is 0 Å². The van der Waals surface area contributed by atoms with Crippen molar-refractivity contribution in [3.05, 3.63) is 59.2 Å². The van der Waals surface area contributed by atoms with E-state index in [9.17, 15) is 4.55 Å². The number of hydrogen-bond donors (Lipinski definition) is 1. The van der Waals surface area contributed by atoms with E-state index in [2.05, 4.69) is 22.9 Å². The standard InChI is InChI=1S/C26H35NO3S/c1-25(2,3)31(28)27-24-21-9-8-10-23(22(21)17-26(24)15-6-5-7-16-26)30-18-19-11-13-20(29-4)14-12-19/h8-14,24,27H,5-7,15-18H2,1-4H3/t24-,31-/m1/s1. The van der Waals surface area contributed by atoms with Gasteiger partial charge in [-0.2, -0.15) is 0 Å². The molecule has 5 heteroatoms. The second kappa shape index (κ2) is 9.05. The number of methoxy groups -OCH3 is 1. The van der Waals surface area contributed by atoms with Crippen molar-refractivity contribution < 1.29 is 14.0 Å². The first-order valence-corrected chi connectivity index (χ1v) is 12.5. The van der Waals surface area contributed by atoms with Crippen LogP contribution in [0.3, 0.4) is 0 Å². The van der Waals surface area contributed by atoms with E-state index in [1.54, 1.807) is 7.11 Å². The lowest BCUT2D eigenvalue weighted by atomic mass is 9.69. The number of nitrogens with one attached hydrogen (secondary N) is 1. The zero-order chi connectivity index (χ0) is 22.1. The van der Waals surface area contributed by atoms with Crippen LogP contribution in [0.25, 0.3) is 0 Å². The van der Waals surface area contributed by atoms with Gasteiger partial charge >= 0.3 is 0 Å². The lowest BCUT2D eigenvalue weighted by Crippen LogP contribution is -2.46. The molecule has 2 aliphatic rings. The van der Waals surface area contributed by atoms with Crippen molar-refractivity contribution in [3.63, 3.8) is 0 Å². The normalized spacial score (nSPS) is 21.0. The average molecular weight is 442 g/mol. The fourth-order valence-electron chi connectivity index (χ4n) is 5.04. The Kier molecular flexibility index (Phi) is 6.57. The highest BCUT2D eigenvalue weighted by atomic mass is 32.2. The van der Waals surface area contributed by atoms with Gasteiger partial charge in [-0.05, 0) is 80.3 Å². The van der Waals surface area contributed by atoms with Crippen LogP contribution in [0.5, 0.6) is 11.5 Å². The van der Waals surface area contributed by atoms with Gasteiger partial charge in [0.05, 0.1) is 13.2 Å². The molecule has 0 amide bonds. The quantitative estimate of drug-likeness (QED) is 0.569. The first-order chi connectivity index (χ1) is 14.8. The molecule has 2 atom stereocenters. The van der Waals surface area contributed by atoms with Crippen LogP contribution in [0.15, 0.2) is 42.5 Å². The smallest absolute Gasteiger partial charge is 0.136 e. The van der Waals surface area contributed by atoms with Gasteiger partial charge < -0.3 is 14.0 Å². The second-order valence-electron chi connectivity index (χ2n) is 9.99. The van der Waals surface area contributed by atoms with Crippen molar-refractivity contribution in [1.82, 2.24) is 4.72 Å². The number of ether oxygens (including phenoxy) is 2. The summed E-state index contributed by atoms with van der Waals surface area (Å²) in [5.41, 5.74) is 3.82. The first-order valence-electron chi connectivity index (χ1n) is 11.4. The molecule has 1 spiro atoms. The molecule has 0 heterocycles. The van der Waals surface area contributed by atoms with Gasteiger partial charge in [0.15, 0.2) is 0 Å². The third-order valence-electron chi connectivity index (χ3n) is 6.81. The van der Waals surface area contributed by atoms with E-state index in [4.69, 9.17) is 9.47 Å². The van der Waals surface area contributed by atoms with Crippen molar-refractivity contribution in [2.45, 2.75) is 76.7 Å². The number of hydrogen-bond acceptors (Lipinski definition) is 4. The number of fused-ring (bicyclic) bond motifs is 1. The predicted molar refractivity (Wildman–Crippen MR) is 127 cm³/mol. The summed E-state index contributed by atoms with van der Waals surface area (Å²) in [6.45, 7) is 6.63. The molecule has 0 bridgehead atoms. The van der Waals surface area contributed by atoms with Gasteiger partial charge in [-0.15, -0.1) is 4.72 Å². The van der Waals surface area contributed by atoms with E-state index in [0.29, 0.717) is 6.61 Å². The largest absolute Gasteiger partial charge is 0.598 e. The van der Waals surface area contributed by atoms with Crippen molar-refractivity contribution in [1.29, 1.82) is 0 Å². The van der Waals surface area contributed by atoms with Gasteiger partial charge in [0, 0.05) is 11.4 Å². The fraction of sp³-hybridized carbons (Fsp3) is 0.538. The van der Waals surface area contributed by atoms with Gasteiger partial charge in [-0.25, -0.2) is 0 Å². The molecule has 2 aromatic rings. The summed E-state index contributed by atoms with van der Waals surface area (Å²) in [5.74, 6) is 1.81. The van der Waals surface area contributed by atoms with Gasteiger partial charge in [0.1, 0.15) is 22.9 Å². The Morgan fingerprint density at radius 1 is 1.06 bits per heavy atom. The van der Waals surface area contributed by atoms with E-state index in [1.807, 2.05) is 45.0 Å². The number of benzene rings is 2. The maximum absolute atomic E-state index is 13.1. The van der Waals surface area contributed by atoms with E-state index >= 15 is 0 Å². The van der Waals surface area contributed by atoms with E-state index < -0.39 is 11.4 Å². The summed E-state index contributed by atoms with van der Waals surface area (Å²) in [5, 5.41) is 0. The van der Waals surface area contributed by atoms with E-state index in [0.717, 1.165) is 23.5 Å². The molecule has 0 aliphatic heterocycles. The molecule has 0 unspecified atom stereocenters. The molecule has 2 aromatic carbocycles. The maximum Gasteiger partial charge on any atom is 0.136 e. The Bertz CT molecular complexity index is 885. The van der Waals surface area contributed by atoms with Crippen LogP contribution < -0.4 is 14.2 Å². The molecular weight excluding hydrogens is 406 g/mol. The van der Waals surface area contributed by atoms with Crippen LogP contribution in [-0.4, -0.2) is 16.4 Å². The Morgan fingerprint density at radius 2 is 1.77 bits per heavy atom. The molecule has 168 valence electrons. The minimum absolute atomic E-state index is 0.118. The molecule has 2 aliphatic carbocycles. The molecule has 1 fully saturated rings. The van der Waals surface area contributed by atoms with Crippen LogP contribution in [-0.2, 0) is 24.4 Å². The topological polar surface area (TPSA) is 53.5 Å². The monoisotopic (exact) mass is 441 g/mol. The SMILES string of the molecule is COc1ccc(COc2cccc3c2CC2(CCCCC2)[C@@H]3N[S@+]([O-])C(C)(C)C)cc1. The van der Waals surface area contributed by atoms with E-state index in [1.165, 1.54) is 43.2 Å². The zero-order valence-corrected chi connectivity index (χ0v) is 20.0. The summed E-state index contributed by atoms with van der Waals surface area (Å²) in [4.78, 5) is 0.